The van der Waals surface area contributed by atoms with E-state index in [1.807, 2.05) is 37.0 Å². The van der Waals surface area contributed by atoms with E-state index in [0.717, 1.165) is 22.4 Å². The fourth-order valence-electron chi connectivity index (χ4n) is 1.67. The summed E-state index contributed by atoms with van der Waals surface area (Å²) in [5, 5.41) is 8.23. The topological polar surface area (TPSA) is 29.9 Å². The Morgan fingerprint density at radius 1 is 1.47 bits per heavy atom. The minimum absolute atomic E-state index is 0.684. The average molecular weight is 315 g/mol. The maximum Gasteiger partial charge on any atom is 0.0819 e. The number of hydrogen-bond donors (Lipinski definition) is 1. The van der Waals surface area contributed by atoms with Gasteiger partial charge in [0.15, 0.2) is 0 Å². The predicted octanol–water partition coefficient (Wildman–Crippen LogP) is 3.32. The van der Waals surface area contributed by atoms with Crippen molar-refractivity contribution in [3.05, 3.63) is 45.1 Å². The molecule has 2 aromatic rings. The Balaban J connectivity index is 2.50. The van der Waals surface area contributed by atoms with Gasteiger partial charge in [0.1, 0.15) is 0 Å². The highest BCUT2D eigenvalue weighted by Crippen LogP contribution is 2.22. The third-order valence-electron chi connectivity index (χ3n) is 2.49. The highest BCUT2D eigenvalue weighted by Gasteiger charge is 2.08. The molecule has 17 heavy (non-hydrogen) atoms. The van der Waals surface area contributed by atoms with E-state index in [2.05, 4.69) is 32.4 Å². The van der Waals surface area contributed by atoms with Crippen LogP contribution < -0.4 is 5.32 Å². The maximum absolute atomic E-state index is 6.03. The molecule has 1 aromatic heterocycles. The third kappa shape index (κ3) is 2.70. The summed E-state index contributed by atoms with van der Waals surface area (Å²) in [5.41, 5.74) is 3.04. The van der Waals surface area contributed by atoms with Gasteiger partial charge in [-0.15, -0.1) is 0 Å². The van der Waals surface area contributed by atoms with Crippen LogP contribution in [0.1, 0.15) is 11.3 Å². The number of rotatable bonds is 3. The van der Waals surface area contributed by atoms with Gasteiger partial charge in [0.05, 0.1) is 16.4 Å². The van der Waals surface area contributed by atoms with E-state index in [1.54, 1.807) is 0 Å². The Kier molecular flexibility index (Phi) is 3.86. The average Bonchev–Trinajstić information content (AvgIpc) is 2.60. The summed E-state index contributed by atoms with van der Waals surface area (Å²) in [6.45, 7) is 2.68. The van der Waals surface area contributed by atoms with Gasteiger partial charge in [0.2, 0.25) is 0 Å². The quantitative estimate of drug-likeness (QED) is 0.942. The molecule has 1 N–H and O–H groups in total. The highest BCUT2D eigenvalue weighted by atomic mass is 79.9. The van der Waals surface area contributed by atoms with Crippen molar-refractivity contribution in [1.29, 1.82) is 0 Å². The molecule has 0 unspecified atom stereocenters. The smallest absolute Gasteiger partial charge is 0.0819 e. The fourth-order valence-corrected chi connectivity index (χ4v) is 2.21. The minimum Gasteiger partial charge on any atom is -0.316 e. The number of nitrogens with one attached hydrogen (secondary N) is 1. The fraction of sp³-hybridized carbons (Fsp3) is 0.250. The Bertz CT molecular complexity index is 517. The van der Waals surface area contributed by atoms with E-state index in [4.69, 9.17) is 11.6 Å². The number of benzene rings is 1. The van der Waals surface area contributed by atoms with E-state index in [-0.39, 0.29) is 0 Å². The molecule has 0 bridgehead atoms. The first-order valence-corrected chi connectivity index (χ1v) is 6.44. The Hall–Kier alpha value is -0.840. The van der Waals surface area contributed by atoms with E-state index in [1.165, 1.54) is 5.56 Å². The highest BCUT2D eigenvalue weighted by molar-refractivity contribution is 9.10. The molecule has 2 rings (SSSR count). The Morgan fingerprint density at radius 3 is 2.82 bits per heavy atom. The first-order chi connectivity index (χ1) is 8.11. The molecule has 0 radical (unpaired) electrons. The van der Waals surface area contributed by atoms with Crippen LogP contribution in [0, 0.1) is 6.92 Å². The normalized spacial score (nSPS) is 10.8. The molecule has 0 aliphatic heterocycles. The van der Waals surface area contributed by atoms with Gasteiger partial charge in [-0.3, -0.25) is 0 Å². The van der Waals surface area contributed by atoms with E-state index in [9.17, 15) is 0 Å². The van der Waals surface area contributed by atoms with E-state index in [0.29, 0.717) is 5.02 Å². The van der Waals surface area contributed by atoms with Crippen molar-refractivity contribution in [3.63, 3.8) is 0 Å². The molecule has 90 valence electrons. The van der Waals surface area contributed by atoms with Gasteiger partial charge in [0.25, 0.3) is 0 Å². The van der Waals surface area contributed by atoms with Crippen LogP contribution in [0.5, 0.6) is 0 Å². The summed E-state index contributed by atoms with van der Waals surface area (Å²) in [6.07, 6.45) is 1.83. The van der Waals surface area contributed by atoms with E-state index < -0.39 is 0 Å². The van der Waals surface area contributed by atoms with Crippen molar-refractivity contribution >= 4 is 27.5 Å². The standard InChI is InChI=1S/C12H13BrClN3/c1-8-11(14)7-17(16-8)12-4-3-10(13)5-9(12)6-15-2/h3-5,7,15H,6H2,1-2H3. The zero-order chi connectivity index (χ0) is 12.4. The molecule has 0 saturated carbocycles. The lowest BCUT2D eigenvalue weighted by molar-refractivity contribution is 0.784. The zero-order valence-electron chi connectivity index (χ0n) is 9.67. The van der Waals surface area contributed by atoms with Crippen LogP contribution in [0.25, 0.3) is 5.69 Å². The van der Waals surface area contributed by atoms with Gasteiger partial charge in [-0.05, 0) is 37.7 Å². The summed E-state index contributed by atoms with van der Waals surface area (Å²) in [7, 11) is 1.92. The number of hydrogen-bond acceptors (Lipinski definition) is 2. The van der Waals surface area contributed by atoms with Crippen molar-refractivity contribution in [3.8, 4) is 5.69 Å². The number of nitrogens with zero attached hydrogens (tertiary/aromatic N) is 2. The van der Waals surface area contributed by atoms with Crippen molar-refractivity contribution in [2.75, 3.05) is 7.05 Å². The number of aromatic nitrogens is 2. The molecule has 0 saturated heterocycles. The zero-order valence-corrected chi connectivity index (χ0v) is 12.0. The third-order valence-corrected chi connectivity index (χ3v) is 3.36. The molecule has 0 aliphatic carbocycles. The summed E-state index contributed by atoms with van der Waals surface area (Å²) in [5.74, 6) is 0. The van der Waals surface area contributed by atoms with Crippen molar-refractivity contribution in [1.82, 2.24) is 15.1 Å². The van der Waals surface area contributed by atoms with Gasteiger partial charge in [-0.25, -0.2) is 4.68 Å². The van der Waals surface area contributed by atoms with Crippen LogP contribution in [0.3, 0.4) is 0 Å². The monoisotopic (exact) mass is 313 g/mol. The van der Waals surface area contributed by atoms with Gasteiger partial charge in [-0.1, -0.05) is 27.5 Å². The molecule has 0 spiro atoms. The van der Waals surface area contributed by atoms with Gasteiger partial charge >= 0.3 is 0 Å². The van der Waals surface area contributed by atoms with Gasteiger partial charge in [0, 0.05) is 17.2 Å². The summed E-state index contributed by atoms with van der Waals surface area (Å²) in [4.78, 5) is 0. The molecule has 0 amide bonds. The molecular formula is C12H13BrClN3. The molecule has 1 aromatic carbocycles. The predicted molar refractivity (Wildman–Crippen MR) is 73.8 cm³/mol. The second-order valence-electron chi connectivity index (χ2n) is 3.81. The molecule has 0 aliphatic rings. The maximum atomic E-state index is 6.03. The summed E-state index contributed by atoms with van der Waals surface area (Å²) >= 11 is 9.51. The molecule has 3 nitrogen and oxygen atoms in total. The van der Waals surface area contributed by atoms with Crippen molar-refractivity contribution in [2.24, 2.45) is 0 Å². The lowest BCUT2D eigenvalue weighted by atomic mass is 10.2. The van der Waals surface area contributed by atoms with Crippen LogP contribution >= 0.6 is 27.5 Å². The Labute approximate surface area is 114 Å². The first-order valence-electron chi connectivity index (χ1n) is 5.27. The molecule has 1 heterocycles. The minimum atomic E-state index is 0.684. The van der Waals surface area contributed by atoms with Crippen LogP contribution in [0.15, 0.2) is 28.9 Å². The van der Waals surface area contributed by atoms with Crippen molar-refractivity contribution in [2.45, 2.75) is 13.5 Å². The number of halogens is 2. The number of aryl methyl sites for hydroxylation is 1. The first kappa shape index (κ1) is 12.6. The van der Waals surface area contributed by atoms with Crippen LogP contribution in [0.4, 0.5) is 0 Å². The van der Waals surface area contributed by atoms with Crippen LogP contribution in [0.2, 0.25) is 5.02 Å². The molecule has 0 fully saturated rings. The second-order valence-corrected chi connectivity index (χ2v) is 5.13. The van der Waals surface area contributed by atoms with Gasteiger partial charge < -0.3 is 5.32 Å². The molecule has 0 atom stereocenters. The van der Waals surface area contributed by atoms with Crippen LogP contribution in [-0.2, 0) is 6.54 Å². The van der Waals surface area contributed by atoms with E-state index >= 15 is 0 Å². The van der Waals surface area contributed by atoms with Gasteiger partial charge in [-0.2, -0.15) is 5.10 Å². The Morgan fingerprint density at radius 2 is 2.24 bits per heavy atom. The lowest BCUT2D eigenvalue weighted by Crippen LogP contribution is -2.09. The summed E-state index contributed by atoms with van der Waals surface area (Å²) in [6, 6.07) is 6.11. The molecule has 5 heteroatoms. The second kappa shape index (κ2) is 5.21. The molecular weight excluding hydrogens is 302 g/mol. The van der Waals surface area contributed by atoms with Crippen molar-refractivity contribution < 1.29 is 0 Å². The largest absolute Gasteiger partial charge is 0.316 e. The SMILES string of the molecule is CNCc1cc(Br)ccc1-n1cc(Cl)c(C)n1. The van der Waals surface area contributed by atoms with Crippen LogP contribution in [-0.4, -0.2) is 16.8 Å². The summed E-state index contributed by atoms with van der Waals surface area (Å²) < 4.78 is 2.87. The lowest BCUT2D eigenvalue weighted by Gasteiger charge is -2.09.